The zero-order valence-corrected chi connectivity index (χ0v) is 11.1. The first-order valence-electron chi connectivity index (χ1n) is 5.49. The van der Waals surface area contributed by atoms with E-state index >= 15 is 0 Å². The minimum atomic E-state index is -3.08. The fraction of sp³-hybridized carbons (Fsp3) is 0.500. The zero-order valence-electron chi connectivity index (χ0n) is 10.3. The number of hydrogen-bond donors (Lipinski definition) is 1. The molecule has 0 radical (unpaired) electrons. The van der Waals surface area contributed by atoms with E-state index < -0.39 is 9.84 Å². The van der Waals surface area contributed by atoms with Crippen LogP contribution in [0, 0.1) is 6.92 Å². The smallest absolute Gasteiger partial charge is 0.154 e. The van der Waals surface area contributed by atoms with Gasteiger partial charge in [-0.1, -0.05) is 12.1 Å². The van der Waals surface area contributed by atoms with E-state index in [0.717, 1.165) is 11.1 Å². The largest absolute Gasteiger partial charge is 0.399 e. The highest BCUT2D eigenvalue weighted by Crippen LogP contribution is 2.18. The van der Waals surface area contributed by atoms with Crippen molar-refractivity contribution < 1.29 is 13.2 Å². The molecule has 17 heavy (non-hydrogen) atoms. The van der Waals surface area contributed by atoms with E-state index in [1.807, 2.05) is 6.92 Å². The standard InChI is InChI=1S/C12H19NO3S/c1-10-11(5-3-6-12(10)13)9-17(14,15)8-4-7-16-2/h3,5-6H,4,7-9,13H2,1-2H3. The van der Waals surface area contributed by atoms with Gasteiger partial charge in [0.25, 0.3) is 0 Å². The summed E-state index contributed by atoms with van der Waals surface area (Å²) >= 11 is 0. The summed E-state index contributed by atoms with van der Waals surface area (Å²) in [4.78, 5) is 0. The van der Waals surface area contributed by atoms with Gasteiger partial charge in [-0.25, -0.2) is 8.42 Å². The number of anilines is 1. The molecule has 4 nitrogen and oxygen atoms in total. The number of methoxy groups -OCH3 is 1. The van der Waals surface area contributed by atoms with Crippen LogP contribution >= 0.6 is 0 Å². The first kappa shape index (κ1) is 14.0. The average molecular weight is 257 g/mol. The molecular formula is C12H19NO3S. The van der Waals surface area contributed by atoms with Crippen LogP contribution < -0.4 is 5.73 Å². The van der Waals surface area contributed by atoms with Crippen LogP contribution in [0.3, 0.4) is 0 Å². The highest BCUT2D eigenvalue weighted by Gasteiger charge is 2.13. The molecule has 0 saturated heterocycles. The van der Waals surface area contributed by atoms with Gasteiger partial charge < -0.3 is 10.5 Å². The number of nitrogens with two attached hydrogens (primary N) is 1. The van der Waals surface area contributed by atoms with Gasteiger partial charge in [0.2, 0.25) is 0 Å². The van der Waals surface area contributed by atoms with E-state index in [0.29, 0.717) is 18.7 Å². The second kappa shape index (κ2) is 6.02. The fourth-order valence-corrected chi connectivity index (χ4v) is 3.08. The lowest BCUT2D eigenvalue weighted by molar-refractivity contribution is 0.199. The first-order chi connectivity index (χ1) is 7.96. The number of hydrogen-bond acceptors (Lipinski definition) is 4. The van der Waals surface area contributed by atoms with Crippen LogP contribution in [-0.2, 0) is 20.3 Å². The second-order valence-corrected chi connectivity index (χ2v) is 6.25. The van der Waals surface area contributed by atoms with Crippen molar-refractivity contribution in [1.29, 1.82) is 0 Å². The zero-order chi connectivity index (χ0) is 12.9. The molecule has 0 bridgehead atoms. The Kier molecular flexibility index (Phi) is 4.96. The molecule has 96 valence electrons. The molecule has 0 aliphatic carbocycles. The van der Waals surface area contributed by atoms with Crippen LogP contribution in [0.15, 0.2) is 18.2 Å². The van der Waals surface area contributed by atoms with E-state index in [-0.39, 0.29) is 11.5 Å². The Balaban J connectivity index is 2.73. The predicted octanol–water partition coefficient (Wildman–Crippen LogP) is 1.53. The van der Waals surface area contributed by atoms with Gasteiger partial charge >= 0.3 is 0 Å². The minimum absolute atomic E-state index is 0.0492. The average Bonchev–Trinajstić information content (AvgIpc) is 2.25. The summed E-state index contributed by atoms with van der Waals surface area (Å²) in [6.07, 6.45) is 0.528. The van der Waals surface area contributed by atoms with E-state index in [9.17, 15) is 8.42 Å². The van der Waals surface area contributed by atoms with Gasteiger partial charge in [0.1, 0.15) is 0 Å². The van der Waals surface area contributed by atoms with Crippen molar-refractivity contribution in [2.75, 3.05) is 25.2 Å². The van der Waals surface area contributed by atoms with Crippen molar-refractivity contribution in [3.8, 4) is 0 Å². The number of rotatable bonds is 6. The molecule has 5 heteroatoms. The van der Waals surface area contributed by atoms with E-state index in [1.54, 1.807) is 25.3 Å². The minimum Gasteiger partial charge on any atom is -0.399 e. The van der Waals surface area contributed by atoms with Crippen LogP contribution in [0.5, 0.6) is 0 Å². The fourth-order valence-electron chi connectivity index (χ4n) is 1.59. The summed E-state index contributed by atoms with van der Waals surface area (Å²) in [5, 5.41) is 0. The Bertz CT molecular complexity index is 469. The Morgan fingerprint density at radius 3 is 2.71 bits per heavy atom. The molecule has 0 amide bonds. The lowest BCUT2D eigenvalue weighted by atomic mass is 10.1. The maximum atomic E-state index is 11.8. The molecule has 0 spiro atoms. The van der Waals surface area contributed by atoms with Crippen LogP contribution in [0.25, 0.3) is 0 Å². The molecule has 0 heterocycles. The number of sulfone groups is 1. The molecule has 0 saturated carbocycles. The summed E-state index contributed by atoms with van der Waals surface area (Å²) in [6, 6.07) is 5.36. The third-order valence-electron chi connectivity index (χ3n) is 2.67. The van der Waals surface area contributed by atoms with Crippen LogP contribution in [0.1, 0.15) is 17.5 Å². The Hall–Kier alpha value is -1.07. The van der Waals surface area contributed by atoms with Crippen molar-refractivity contribution in [1.82, 2.24) is 0 Å². The number of ether oxygens (including phenoxy) is 1. The topological polar surface area (TPSA) is 69.4 Å². The molecule has 1 rings (SSSR count). The molecule has 1 aromatic carbocycles. The molecule has 0 atom stereocenters. The quantitative estimate of drug-likeness (QED) is 0.620. The van der Waals surface area contributed by atoms with Crippen LogP contribution in [0.4, 0.5) is 5.69 Å². The predicted molar refractivity (Wildman–Crippen MR) is 69.6 cm³/mol. The molecule has 0 fully saturated rings. The summed E-state index contributed by atoms with van der Waals surface area (Å²) in [6.45, 7) is 2.31. The second-order valence-electron chi connectivity index (χ2n) is 4.07. The van der Waals surface area contributed by atoms with Gasteiger partial charge in [0.05, 0.1) is 11.5 Å². The van der Waals surface area contributed by atoms with Crippen LogP contribution in [-0.4, -0.2) is 27.9 Å². The maximum absolute atomic E-state index is 11.8. The Morgan fingerprint density at radius 2 is 2.06 bits per heavy atom. The summed E-state index contributed by atoms with van der Waals surface area (Å²) in [5.74, 6) is 0.197. The van der Waals surface area contributed by atoms with Gasteiger partial charge in [-0.2, -0.15) is 0 Å². The maximum Gasteiger partial charge on any atom is 0.154 e. The number of benzene rings is 1. The molecule has 0 aromatic heterocycles. The van der Waals surface area contributed by atoms with Crippen molar-refractivity contribution in [2.24, 2.45) is 0 Å². The van der Waals surface area contributed by atoms with Gasteiger partial charge in [0.15, 0.2) is 9.84 Å². The van der Waals surface area contributed by atoms with Crippen molar-refractivity contribution >= 4 is 15.5 Å². The molecule has 0 aliphatic heterocycles. The summed E-state index contributed by atoms with van der Waals surface area (Å²) in [5.41, 5.74) is 8.01. The molecule has 2 N–H and O–H groups in total. The molecule has 0 unspecified atom stereocenters. The van der Waals surface area contributed by atoms with Crippen molar-refractivity contribution in [2.45, 2.75) is 19.1 Å². The van der Waals surface area contributed by atoms with Gasteiger partial charge in [-0.15, -0.1) is 0 Å². The lowest BCUT2D eigenvalue weighted by Crippen LogP contribution is -2.12. The number of nitrogen functional groups attached to an aromatic ring is 1. The monoisotopic (exact) mass is 257 g/mol. The third-order valence-corrected chi connectivity index (χ3v) is 4.33. The SMILES string of the molecule is COCCCS(=O)(=O)Cc1cccc(N)c1C. The third kappa shape index (κ3) is 4.36. The first-order valence-corrected chi connectivity index (χ1v) is 7.32. The van der Waals surface area contributed by atoms with E-state index in [4.69, 9.17) is 10.5 Å². The molecule has 1 aromatic rings. The lowest BCUT2D eigenvalue weighted by Gasteiger charge is -2.09. The van der Waals surface area contributed by atoms with Gasteiger partial charge in [0, 0.05) is 19.4 Å². The summed E-state index contributed by atoms with van der Waals surface area (Å²) < 4.78 is 28.5. The molecule has 0 aliphatic rings. The van der Waals surface area contributed by atoms with E-state index in [2.05, 4.69) is 0 Å². The summed E-state index contributed by atoms with van der Waals surface area (Å²) in [7, 11) is -1.52. The highest BCUT2D eigenvalue weighted by molar-refractivity contribution is 7.90. The Labute approximate surface area is 103 Å². The Morgan fingerprint density at radius 1 is 1.35 bits per heavy atom. The van der Waals surface area contributed by atoms with E-state index in [1.165, 1.54) is 0 Å². The van der Waals surface area contributed by atoms with Gasteiger partial charge in [-0.05, 0) is 30.5 Å². The van der Waals surface area contributed by atoms with Crippen molar-refractivity contribution in [3.05, 3.63) is 29.3 Å². The normalized spacial score (nSPS) is 11.6. The van der Waals surface area contributed by atoms with Crippen LogP contribution in [0.2, 0.25) is 0 Å². The highest BCUT2D eigenvalue weighted by atomic mass is 32.2. The molecular weight excluding hydrogens is 238 g/mol. The van der Waals surface area contributed by atoms with Crippen molar-refractivity contribution in [3.63, 3.8) is 0 Å². The van der Waals surface area contributed by atoms with Gasteiger partial charge in [-0.3, -0.25) is 0 Å².